The molecule has 1 heterocycles. The summed E-state index contributed by atoms with van der Waals surface area (Å²) in [5.74, 6) is 1.20. The molecule has 0 aliphatic heterocycles. The van der Waals surface area contributed by atoms with Crippen LogP contribution in [0.1, 0.15) is 16.7 Å². The van der Waals surface area contributed by atoms with Gasteiger partial charge in [0.2, 0.25) is 0 Å². The van der Waals surface area contributed by atoms with Gasteiger partial charge in [-0.05, 0) is 70.9 Å². The van der Waals surface area contributed by atoms with Gasteiger partial charge in [-0.15, -0.1) is 0 Å². The number of hydrogen-bond acceptors (Lipinski definition) is 5. The predicted octanol–water partition coefficient (Wildman–Crippen LogP) is 5.99. The quantitative estimate of drug-likeness (QED) is 0.0883. The SMILES string of the molecule is COc1cc(C=NNC(=O)CSc2[nH]c3ccccc3[n+]2Cc2ccc(Cl)cc2)ccc1OCc1ccccc1. The number of imidazole rings is 1. The van der Waals surface area contributed by atoms with E-state index in [9.17, 15) is 4.79 Å². The largest absolute Gasteiger partial charge is 0.493 e. The number of ether oxygens (including phenoxy) is 2. The van der Waals surface area contributed by atoms with Crippen molar-refractivity contribution in [2.75, 3.05) is 12.9 Å². The summed E-state index contributed by atoms with van der Waals surface area (Å²) in [6.07, 6.45) is 1.58. The van der Waals surface area contributed by atoms with Crippen LogP contribution in [0.2, 0.25) is 5.02 Å². The van der Waals surface area contributed by atoms with Gasteiger partial charge in [0.05, 0.1) is 19.1 Å². The predicted molar refractivity (Wildman–Crippen MR) is 159 cm³/mol. The summed E-state index contributed by atoms with van der Waals surface area (Å²) in [6, 6.07) is 31.3. The van der Waals surface area contributed by atoms with Gasteiger partial charge in [-0.1, -0.05) is 66.2 Å². The molecule has 0 spiro atoms. The van der Waals surface area contributed by atoms with Gasteiger partial charge in [0.25, 0.3) is 5.91 Å². The number of aromatic nitrogens is 2. The topological polar surface area (TPSA) is 79.6 Å². The molecule has 0 fully saturated rings. The molecule has 2 N–H and O–H groups in total. The Bertz CT molecular complexity index is 1620. The van der Waals surface area contributed by atoms with Crippen molar-refractivity contribution in [3.05, 3.63) is 119 Å². The van der Waals surface area contributed by atoms with Crippen molar-refractivity contribution < 1.29 is 18.8 Å². The summed E-state index contributed by atoms with van der Waals surface area (Å²) < 4.78 is 13.6. The molecule has 202 valence electrons. The van der Waals surface area contributed by atoms with Gasteiger partial charge in [-0.25, -0.2) is 15.0 Å². The molecule has 0 aliphatic rings. The molecular weight excluding hydrogens is 544 g/mol. The average molecular weight is 572 g/mol. The minimum absolute atomic E-state index is 0.195. The van der Waals surface area contributed by atoms with Gasteiger partial charge < -0.3 is 9.47 Å². The van der Waals surface area contributed by atoms with Gasteiger partial charge in [0.15, 0.2) is 22.5 Å². The number of H-pyrrole nitrogens is 1. The van der Waals surface area contributed by atoms with Crippen molar-refractivity contribution in [3.8, 4) is 11.5 Å². The molecule has 7 nitrogen and oxygen atoms in total. The zero-order chi connectivity index (χ0) is 27.7. The highest BCUT2D eigenvalue weighted by molar-refractivity contribution is 7.99. The lowest BCUT2D eigenvalue weighted by Gasteiger charge is -2.11. The van der Waals surface area contributed by atoms with Crippen LogP contribution >= 0.6 is 23.4 Å². The molecule has 5 aromatic rings. The number of methoxy groups -OCH3 is 1. The first kappa shape index (κ1) is 27.3. The zero-order valence-corrected chi connectivity index (χ0v) is 23.4. The third-order valence-corrected chi connectivity index (χ3v) is 7.36. The summed E-state index contributed by atoms with van der Waals surface area (Å²) in [7, 11) is 1.59. The second-order valence-electron chi connectivity index (χ2n) is 8.93. The maximum Gasteiger partial charge on any atom is 0.317 e. The summed E-state index contributed by atoms with van der Waals surface area (Å²) in [6.45, 7) is 1.09. The number of benzene rings is 4. The Hall–Kier alpha value is -4.27. The third-order valence-electron chi connectivity index (χ3n) is 6.10. The Morgan fingerprint density at radius 3 is 2.55 bits per heavy atom. The molecule has 4 aromatic carbocycles. The number of fused-ring (bicyclic) bond motifs is 1. The normalized spacial score (nSPS) is 11.2. The number of para-hydroxylation sites is 2. The monoisotopic (exact) mass is 571 g/mol. The van der Waals surface area contributed by atoms with Crippen LogP contribution in [0.25, 0.3) is 11.0 Å². The van der Waals surface area contributed by atoms with E-state index >= 15 is 0 Å². The van der Waals surface area contributed by atoms with Crippen molar-refractivity contribution >= 4 is 46.5 Å². The lowest BCUT2D eigenvalue weighted by atomic mass is 10.2. The number of hydrogen-bond donors (Lipinski definition) is 2. The molecule has 0 unspecified atom stereocenters. The summed E-state index contributed by atoms with van der Waals surface area (Å²) in [5.41, 5.74) is 7.62. The Morgan fingerprint density at radius 2 is 1.75 bits per heavy atom. The molecule has 9 heteroatoms. The van der Waals surface area contributed by atoms with Crippen LogP contribution in [-0.4, -0.2) is 30.0 Å². The van der Waals surface area contributed by atoms with E-state index in [-0.39, 0.29) is 11.7 Å². The van der Waals surface area contributed by atoms with Crippen molar-refractivity contribution in [2.45, 2.75) is 18.3 Å². The standard InChI is InChI=1S/C31H27ClN4O3S/c1-38-29-17-24(13-16-28(29)39-20-23-7-3-2-4-8-23)18-33-35-30(37)21-40-31-34-26-9-5-6-10-27(26)36(31)19-22-11-14-25(32)15-12-22/h2-18H,19-21H2,1H3,(H,35,37)/p+1. The van der Waals surface area contributed by atoms with Gasteiger partial charge in [0, 0.05) is 5.02 Å². The van der Waals surface area contributed by atoms with E-state index in [0.717, 1.165) is 32.9 Å². The van der Waals surface area contributed by atoms with Crippen LogP contribution in [0.15, 0.2) is 107 Å². The van der Waals surface area contributed by atoms with E-state index in [1.807, 2.05) is 91.0 Å². The Kier molecular flexibility index (Phi) is 9.00. The van der Waals surface area contributed by atoms with E-state index < -0.39 is 0 Å². The summed E-state index contributed by atoms with van der Waals surface area (Å²) in [4.78, 5) is 16.0. The van der Waals surface area contributed by atoms with Gasteiger partial charge in [-0.2, -0.15) is 5.10 Å². The molecule has 1 amide bonds. The molecule has 0 saturated carbocycles. The number of carbonyl (C=O) groups is 1. The van der Waals surface area contributed by atoms with Crippen molar-refractivity contribution in [1.29, 1.82) is 0 Å². The highest BCUT2D eigenvalue weighted by Gasteiger charge is 2.20. The van der Waals surface area contributed by atoms with Gasteiger partial charge in [-0.3, -0.25) is 4.79 Å². The van der Waals surface area contributed by atoms with Gasteiger partial charge in [0.1, 0.15) is 13.2 Å². The maximum atomic E-state index is 12.6. The van der Waals surface area contributed by atoms with E-state index in [4.69, 9.17) is 21.1 Å². The summed E-state index contributed by atoms with van der Waals surface area (Å²) in [5, 5.41) is 5.71. The highest BCUT2D eigenvalue weighted by atomic mass is 35.5. The number of halogens is 1. The molecule has 0 atom stereocenters. The van der Waals surface area contributed by atoms with Crippen molar-refractivity contribution in [2.24, 2.45) is 5.10 Å². The fourth-order valence-corrected chi connectivity index (χ4v) is 5.07. The Labute approximate surface area is 241 Å². The van der Waals surface area contributed by atoms with Crippen molar-refractivity contribution in [1.82, 2.24) is 10.4 Å². The summed E-state index contributed by atoms with van der Waals surface area (Å²) >= 11 is 7.48. The maximum absolute atomic E-state index is 12.6. The number of carbonyl (C=O) groups excluding carboxylic acids is 1. The van der Waals surface area contributed by atoms with E-state index in [2.05, 4.69) is 26.1 Å². The Balaban J connectivity index is 1.19. The number of amides is 1. The molecule has 0 radical (unpaired) electrons. The second-order valence-corrected chi connectivity index (χ2v) is 10.3. The molecule has 40 heavy (non-hydrogen) atoms. The van der Waals surface area contributed by atoms with Crippen molar-refractivity contribution in [3.63, 3.8) is 0 Å². The fourth-order valence-electron chi connectivity index (χ4n) is 4.11. The fraction of sp³-hybridized carbons (Fsp3) is 0.129. The molecule has 0 saturated heterocycles. The minimum Gasteiger partial charge on any atom is -0.493 e. The Morgan fingerprint density at radius 1 is 0.975 bits per heavy atom. The smallest absolute Gasteiger partial charge is 0.317 e. The van der Waals surface area contributed by atoms with Crippen LogP contribution < -0.4 is 19.5 Å². The van der Waals surface area contributed by atoms with Crippen LogP contribution in [0, 0.1) is 0 Å². The number of nitrogens with one attached hydrogen (secondary N) is 2. The zero-order valence-electron chi connectivity index (χ0n) is 21.8. The lowest BCUT2D eigenvalue weighted by Crippen LogP contribution is -2.36. The number of aromatic amines is 1. The molecule has 0 aliphatic carbocycles. The average Bonchev–Trinajstić information content (AvgIpc) is 3.34. The van der Waals surface area contributed by atoms with Gasteiger partial charge >= 0.3 is 5.16 Å². The van der Waals surface area contributed by atoms with E-state index in [0.29, 0.717) is 29.7 Å². The number of rotatable bonds is 11. The van der Waals surface area contributed by atoms with Crippen LogP contribution in [-0.2, 0) is 17.9 Å². The molecular formula is C31H28ClN4O3S+. The number of hydrazone groups is 1. The van der Waals surface area contributed by atoms with Crippen LogP contribution in [0.5, 0.6) is 11.5 Å². The highest BCUT2D eigenvalue weighted by Crippen LogP contribution is 2.28. The number of thioether (sulfide) groups is 1. The lowest BCUT2D eigenvalue weighted by molar-refractivity contribution is -0.700. The molecule has 0 bridgehead atoms. The van der Waals surface area contributed by atoms with E-state index in [1.165, 1.54) is 11.8 Å². The minimum atomic E-state index is -0.215. The molecule has 5 rings (SSSR count). The molecule has 1 aromatic heterocycles. The second kappa shape index (κ2) is 13.2. The van der Waals surface area contributed by atoms with Crippen LogP contribution in [0.3, 0.4) is 0 Å². The van der Waals surface area contributed by atoms with Crippen LogP contribution in [0.4, 0.5) is 0 Å². The first-order valence-corrected chi connectivity index (χ1v) is 14.0. The third kappa shape index (κ3) is 7.02. The first-order chi connectivity index (χ1) is 19.6. The van der Waals surface area contributed by atoms with E-state index in [1.54, 1.807) is 13.3 Å². The first-order valence-electron chi connectivity index (χ1n) is 12.6. The number of nitrogens with zero attached hydrogens (tertiary/aromatic N) is 2.